The molecular formula is C16H14N6O2S2. The van der Waals surface area contributed by atoms with Crippen molar-refractivity contribution in [2.24, 2.45) is 0 Å². The molecule has 0 atom stereocenters. The van der Waals surface area contributed by atoms with Gasteiger partial charge in [-0.1, -0.05) is 29.2 Å². The molecule has 1 amide bonds. The van der Waals surface area contributed by atoms with Gasteiger partial charge in [-0.15, -0.1) is 5.10 Å². The highest BCUT2D eigenvalue weighted by molar-refractivity contribution is 7.99. The number of tetrazole rings is 1. The van der Waals surface area contributed by atoms with Crippen LogP contribution in [0.5, 0.6) is 0 Å². The number of thiazole rings is 1. The average Bonchev–Trinajstić information content (AvgIpc) is 3.34. The highest BCUT2D eigenvalue weighted by atomic mass is 32.2. The van der Waals surface area contributed by atoms with Crippen LogP contribution in [0.1, 0.15) is 11.3 Å². The summed E-state index contributed by atoms with van der Waals surface area (Å²) in [7, 11) is 0. The summed E-state index contributed by atoms with van der Waals surface area (Å²) in [5.41, 5.74) is 2.05. The number of rotatable bonds is 6. The van der Waals surface area contributed by atoms with Crippen molar-refractivity contribution in [1.82, 2.24) is 25.2 Å². The second-order valence-electron chi connectivity index (χ2n) is 5.53. The number of fused-ring (bicyclic) bond motifs is 1. The van der Waals surface area contributed by atoms with Gasteiger partial charge in [0.25, 0.3) is 0 Å². The Balaban J connectivity index is 1.37. The van der Waals surface area contributed by atoms with Gasteiger partial charge in [0.1, 0.15) is 12.3 Å². The van der Waals surface area contributed by atoms with Crippen LogP contribution < -0.4 is 5.32 Å². The topological polar surface area (TPSA) is 98.7 Å². The third kappa shape index (κ3) is 3.75. The number of carbonyl (C=O) groups excluding carboxylic acids is 1. The number of benzene rings is 1. The lowest BCUT2D eigenvalue weighted by molar-refractivity contribution is -0.113. The molecule has 26 heavy (non-hydrogen) atoms. The minimum absolute atomic E-state index is 0.154. The van der Waals surface area contributed by atoms with Crippen molar-refractivity contribution in [2.75, 3.05) is 11.1 Å². The molecule has 0 aliphatic heterocycles. The highest BCUT2D eigenvalue weighted by Gasteiger charge is 2.13. The van der Waals surface area contributed by atoms with Gasteiger partial charge in [0.05, 0.1) is 22.2 Å². The van der Waals surface area contributed by atoms with E-state index < -0.39 is 0 Å². The molecule has 0 saturated heterocycles. The fourth-order valence-corrected chi connectivity index (χ4v) is 3.98. The van der Waals surface area contributed by atoms with Crippen LogP contribution in [0.3, 0.4) is 0 Å². The molecule has 0 unspecified atom stereocenters. The summed E-state index contributed by atoms with van der Waals surface area (Å²) in [4.78, 5) is 16.6. The quantitative estimate of drug-likeness (QED) is 0.509. The first-order chi connectivity index (χ1) is 12.7. The highest BCUT2D eigenvalue weighted by Crippen LogP contribution is 2.27. The molecular weight excluding hydrogens is 372 g/mol. The van der Waals surface area contributed by atoms with E-state index in [0.29, 0.717) is 16.8 Å². The molecule has 0 bridgehead atoms. The fourth-order valence-electron chi connectivity index (χ4n) is 2.32. The summed E-state index contributed by atoms with van der Waals surface area (Å²) < 4.78 is 7.94. The summed E-state index contributed by atoms with van der Waals surface area (Å²) in [5, 5.41) is 15.5. The van der Waals surface area contributed by atoms with E-state index in [0.717, 1.165) is 21.5 Å². The van der Waals surface area contributed by atoms with Crippen LogP contribution in [-0.4, -0.2) is 36.9 Å². The Labute approximate surface area is 156 Å². The lowest BCUT2D eigenvalue weighted by atomic mass is 10.2. The molecule has 3 heterocycles. The second-order valence-corrected chi connectivity index (χ2v) is 7.50. The normalized spacial score (nSPS) is 11.1. The number of aromatic nitrogens is 5. The third-order valence-corrected chi connectivity index (χ3v) is 5.40. The maximum Gasteiger partial charge on any atom is 0.236 e. The Bertz CT molecular complexity index is 1040. The van der Waals surface area contributed by atoms with Crippen molar-refractivity contribution in [3.05, 3.63) is 47.9 Å². The Hall–Kier alpha value is -2.72. The molecule has 0 aliphatic rings. The van der Waals surface area contributed by atoms with Crippen LogP contribution in [0.4, 0.5) is 5.13 Å². The number of amides is 1. The molecule has 0 aliphatic carbocycles. The molecule has 4 rings (SSSR count). The Kier molecular flexibility index (Phi) is 4.67. The third-order valence-electron chi connectivity index (χ3n) is 3.51. The number of nitrogens with one attached hydrogen (secondary N) is 1. The Morgan fingerprint density at radius 3 is 3.15 bits per heavy atom. The molecule has 0 spiro atoms. The summed E-state index contributed by atoms with van der Waals surface area (Å²) in [6.07, 6.45) is 1.60. The number of anilines is 1. The second kappa shape index (κ2) is 7.26. The number of thioether (sulfide) groups is 1. The van der Waals surface area contributed by atoms with E-state index >= 15 is 0 Å². The van der Waals surface area contributed by atoms with Crippen LogP contribution in [-0.2, 0) is 11.3 Å². The number of furan rings is 1. The van der Waals surface area contributed by atoms with Gasteiger partial charge < -0.3 is 9.73 Å². The SMILES string of the molecule is Cc1ccc2nc(NC(=O)CSc3nnnn3Cc3ccco3)sc2c1. The predicted octanol–water partition coefficient (Wildman–Crippen LogP) is 2.96. The molecule has 132 valence electrons. The van der Waals surface area contributed by atoms with E-state index in [-0.39, 0.29) is 11.7 Å². The van der Waals surface area contributed by atoms with Crippen molar-refractivity contribution in [3.63, 3.8) is 0 Å². The molecule has 4 aromatic rings. The summed E-state index contributed by atoms with van der Waals surface area (Å²) >= 11 is 2.72. The van der Waals surface area contributed by atoms with E-state index in [2.05, 4.69) is 31.9 Å². The van der Waals surface area contributed by atoms with Gasteiger partial charge in [0.15, 0.2) is 5.13 Å². The van der Waals surface area contributed by atoms with Crippen molar-refractivity contribution < 1.29 is 9.21 Å². The molecule has 8 nitrogen and oxygen atoms in total. The lowest BCUT2D eigenvalue weighted by Crippen LogP contribution is -2.14. The zero-order valence-electron chi connectivity index (χ0n) is 13.7. The van der Waals surface area contributed by atoms with Crippen molar-refractivity contribution >= 4 is 44.4 Å². The zero-order chi connectivity index (χ0) is 17.9. The maximum atomic E-state index is 12.2. The van der Waals surface area contributed by atoms with Crippen LogP contribution in [0.25, 0.3) is 10.2 Å². The summed E-state index contributed by atoms with van der Waals surface area (Å²) in [5.74, 6) is 0.778. The van der Waals surface area contributed by atoms with Crippen molar-refractivity contribution in [3.8, 4) is 0 Å². The van der Waals surface area contributed by atoms with Crippen LogP contribution in [0, 0.1) is 6.92 Å². The first-order valence-electron chi connectivity index (χ1n) is 7.76. The van der Waals surface area contributed by atoms with E-state index in [1.807, 2.05) is 25.1 Å². The van der Waals surface area contributed by atoms with Gasteiger partial charge in [-0.25, -0.2) is 9.67 Å². The van der Waals surface area contributed by atoms with Gasteiger partial charge in [-0.05, 0) is 47.2 Å². The molecule has 1 N–H and O–H groups in total. The van der Waals surface area contributed by atoms with Crippen molar-refractivity contribution in [1.29, 1.82) is 0 Å². The van der Waals surface area contributed by atoms with Gasteiger partial charge in [-0.2, -0.15) is 0 Å². The molecule has 0 saturated carbocycles. The van der Waals surface area contributed by atoms with Crippen LogP contribution in [0.15, 0.2) is 46.2 Å². The monoisotopic (exact) mass is 386 g/mol. The van der Waals surface area contributed by atoms with Gasteiger partial charge in [0, 0.05) is 0 Å². The molecule has 3 aromatic heterocycles. The number of carbonyl (C=O) groups is 1. The lowest BCUT2D eigenvalue weighted by Gasteiger charge is -2.02. The predicted molar refractivity (Wildman–Crippen MR) is 99.3 cm³/mol. The van der Waals surface area contributed by atoms with Gasteiger partial charge in [0.2, 0.25) is 11.1 Å². The van der Waals surface area contributed by atoms with E-state index in [9.17, 15) is 4.79 Å². The summed E-state index contributed by atoms with van der Waals surface area (Å²) in [6, 6.07) is 9.66. The number of hydrogen-bond donors (Lipinski definition) is 1. The first kappa shape index (κ1) is 16.7. The number of aryl methyl sites for hydroxylation is 1. The molecule has 1 aromatic carbocycles. The molecule has 0 radical (unpaired) electrons. The largest absolute Gasteiger partial charge is 0.467 e. The Morgan fingerprint density at radius 1 is 1.38 bits per heavy atom. The Morgan fingerprint density at radius 2 is 2.31 bits per heavy atom. The molecule has 0 fully saturated rings. The zero-order valence-corrected chi connectivity index (χ0v) is 15.4. The van der Waals surface area contributed by atoms with Crippen LogP contribution >= 0.6 is 23.1 Å². The number of nitrogens with zero attached hydrogens (tertiary/aromatic N) is 5. The van der Waals surface area contributed by atoms with Crippen LogP contribution in [0.2, 0.25) is 0 Å². The minimum atomic E-state index is -0.154. The number of hydrogen-bond acceptors (Lipinski definition) is 8. The van der Waals surface area contributed by atoms with Gasteiger partial charge in [-0.3, -0.25) is 4.79 Å². The van der Waals surface area contributed by atoms with Crippen molar-refractivity contribution in [2.45, 2.75) is 18.6 Å². The average molecular weight is 386 g/mol. The van der Waals surface area contributed by atoms with E-state index in [1.54, 1.807) is 17.0 Å². The van der Waals surface area contributed by atoms with Gasteiger partial charge >= 0.3 is 0 Å². The fraction of sp³-hybridized carbons (Fsp3) is 0.188. The molecule has 10 heteroatoms. The maximum absolute atomic E-state index is 12.2. The van der Waals surface area contributed by atoms with E-state index in [4.69, 9.17) is 4.42 Å². The van der Waals surface area contributed by atoms with E-state index in [1.165, 1.54) is 23.1 Å². The first-order valence-corrected chi connectivity index (χ1v) is 9.56. The smallest absolute Gasteiger partial charge is 0.236 e. The summed E-state index contributed by atoms with van der Waals surface area (Å²) in [6.45, 7) is 2.45. The minimum Gasteiger partial charge on any atom is -0.467 e. The standard InChI is InChI=1S/C16H14N6O2S2/c1-10-4-5-12-13(7-10)26-15(17-12)18-14(23)9-25-16-19-20-21-22(16)8-11-3-2-6-24-11/h2-7H,8-9H2,1H3,(H,17,18,23).